The summed E-state index contributed by atoms with van der Waals surface area (Å²) in [6.45, 7) is 3.68. The van der Waals surface area contributed by atoms with Crippen LogP contribution < -0.4 is 0 Å². The summed E-state index contributed by atoms with van der Waals surface area (Å²) in [5, 5.41) is 19.4. The van der Waals surface area contributed by atoms with Crippen LogP contribution in [0.15, 0.2) is 6.07 Å². The SMILES string of the molecule is Cc1cc2c(c(O)c1C)C(=O)C[C@@H](O)C2. The molecule has 0 radical (unpaired) electrons. The second-order valence-corrected chi connectivity index (χ2v) is 4.19. The number of Topliss-reactive ketones (excluding diaryl/α,β-unsaturated/α-hetero) is 1. The number of rotatable bonds is 0. The molecule has 0 unspecified atom stereocenters. The van der Waals surface area contributed by atoms with Crippen molar-refractivity contribution < 1.29 is 15.0 Å². The molecule has 0 spiro atoms. The van der Waals surface area contributed by atoms with E-state index in [2.05, 4.69) is 0 Å². The van der Waals surface area contributed by atoms with Crippen LogP contribution in [0, 0.1) is 13.8 Å². The van der Waals surface area contributed by atoms with Crippen LogP contribution in [0.2, 0.25) is 0 Å². The molecule has 2 N–H and O–H groups in total. The highest BCUT2D eigenvalue weighted by Crippen LogP contribution is 2.33. The zero-order chi connectivity index (χ0) is 11.2. The van der Waals surface area contributed by atoms with Gasteiger partial charge in [0.1, 0.15) is 5.75 Å². The summed E-state index contributed by atoms with van der Waals surface area (Å²) in [6.07, 6.45) is -0.0368. The van der Waals surface area contributed by atoms with E-state index in [9.17, 15) is 15.0 Å². The standard InChI is InChI=1S/C12H14O3/c1-6-3-8-4-9(13)5-10(14)11(8)12(15)7(6)2/h3,9,13,15H,4-5H2,1-2H3/t9-/m0/s1. The molecule has 0 bridgehead atoms. The van der Waals surface area contributed by atoms with Crippen LogP contribution in [0.3, 0.4) is 0 Å². The molecule has 80 valence electrons. The van der Waals surface area contributed by atoms with Gasteiger partial charge in [-0.1, -0.05) is 6.07 Å². The largest absolute Gasteiger partial charge is 0.507 e. The fourth-order valence-corrected chi connectivity index (χ4v) is 2.08. The van der Waals surface area contributed by atoms with E-state index in [1.165, 1.54) is 0 Å². The second kappa shape index (κ2) is 3.35. The first-order valence-corrected chi connectivity index (χ1v) is 5.04. The maximum Gasteiger partial charge on any atom is 0.169 e. The van der Waals surface area contributed by atoms with Crippen molar-refractivity contribution in [2.75, 3.05) is 0 Å². The molecule has 2 rings (SSSR count). The fraction of sp³-hybridized carbons (Fsp3) is 0.417. The summed E-state index contributed by atoms with van der Waals surface area (Å²) in [6, 6.07) is 1.88. The number of carbonyl (C=O) groups is 1. The summed E-state index contributed by atoms with van der Waals surface area (Å²) >= 11 is 0. The summed E-state index contributed by atoms with van der Waals surface area (Å²) in [5.41, 5.74) is 2.87. The fourth-order valence-electron chi connectivity index (χ4n) is 2.08. The van der Waals surface area contributed by atoms with Gasteiger partial charge in [0.25, 0.3) is 0 Å². The molecule has 1 aromatic rings. The smallest absolute Gasteiger partial charge is 0.169 e. The summed E-state index contributed by atoms with van der Waals surface area (Å²) < 4.78 is 0. The molecule has 1 aromatic carbocycles. The number of hydrogen-bond donors (Lipinski definition) is 2. The van der Waals surface area contributed by atoms with Crippen molar-refractivity contribution in [3.63, 3.8) is 0 Å². The van der Waals surface area contributed by atoms with E-state index in [1.807, 2.05) is 13.0 Å². The maximum atomic E-state index is 11.7. The number of aliphatic hydroxyl groups excluding tert-OH is 1. The van der Waals surface area contributed by atoms with Crippen LogP contribution in [0.1, 0.15) is 33.5 Å². The second-order valence-electron chi connectivity index (χ2n) is 4.19. The van der Waals surface area contributed by atoms with Gasteiger partial charge in [-0.15, -0.1) is 0 Å². The Balaban J connectivity index is 2.66. The predicted molar refractivity (Wildman–Crippen MR) is 56.2 cm³/mol. The van der Waals surface area contributed by atoms with E-state index >= 15 is 0 Å². The van der Waals surface area contributed by atoms with Gasteiger partial charge in [-0.3, -0.25) is 4.79 Å². The molecule has 0 fully saturated rings. The van der Waals surface area contributed by atoms with Gasteiger partial charge < -0.3 is 10.2 Å². The molecule has 0 aliphatic heterocycles. The van der Waals surface area contributed by atoms with Gasteiger partial charge >= 0.3 is 0 Å². The minimum atomic E-state index is -0.605. The van der Waals surface area contributed by atoms with Crippen LogP contribution in [0.4, 0.5) is 0 Å². The number of ketones is 1. The van der Waals surface area contributed by atoms with Crippen LogP contribution >= 0.6 is 0 Å². The maximum absolute atomic E-state index is 11.7. The molecular formula is C12H14O3. The van der Waals surface area contributed by atoms with Gasteiger partial charge in [-0.2, -0.15) is 0 Å². The minimum absolute atomic E-state index is 0.0851. The molecule has 0 saturated carbocycles. The molecule has 3 heteroatoms. The third-order valence-electron chi connectivity index (χ3n) is 3.05. The first-order chi connectivity index (χ1) is 7.00. The van der Waals surface area contributed by atoms with Crippen molar-refractivity contribution in [3.05, 3.63) is 28.3 Å². The molecule has 1 aliphatic rings. The van der Waals surface area contributed by atoms with Crippen molar-refractivity contribution >= 4 is 5.78 Å². The Hall–Kier alpha value is -1.35. The Morgan fingerprint density at radius 3 is 2.67 bits per heavy atom. The molecular weight excluding hydrogens is 192 g/mol. The molecule has 1 atom stereocenters. The highest BCUT2D eigenvalue weighted by atomic mass is 16.3. The van der Waals surface area contributed by atoms with E-state index < -0.39 is 6.10 Å². The Labute approximate surface area is 88.4 Å². The summed E-state index contributed by atoms with van der Waals surface area (Å²) in [7, 11) is 0. The average molecular weight is 206 g/mol. The van der Waals surface area contributed by atoms with Crippen LogP contribution in [-0.2, 0) is 6.42 Å². The Kier molecular flexibility index (Phi) is 2.27. The molecule has 3 nitrogen and oxygen atoms in total. The first kappa shape index (κ1) is 10.2. The third kappa shape index (κ3) is 1.53. The highest BCUT2D eigenvalue weighted by molar-refractivity contribution is 6.01. The monoisotopic (exact) mass is 206 g/mol. The zero-order valence-electron chi connectivity index (χ0n) is 8.87. The number of phenols is 1. The summed E-state index contributed by atoms with van der Waals surface area (Å²) in [5.74, 6) is -0.0775. The Bertz CT molecular complexity index is 435. The number of phenolic OH excluding ortho intramolecular Hbond substituents is 1. The number of aryl methyl sites for hydroxylation is 1. The van der Waals surface area contributed by atoms with Gasteiger partial charge in [0.15, 0.2) is 5.78 Å². The number of hydrogen-bond acceptors (Lipinski definition) is 3. The van der Waals surface area contributed by atoms with Crippen molar-refractivity contribution in [1.29, 1.82) is 0 Å². The predicted octanol–water partition coefficient (Wildman–Crippen LogP) is 1.50. The molecule has 0 saturated heterocycles. The van der Waals surface area contributed by atoms with Crippen LogP contribution in [0.5, 0.6) is 5.75 Å². The Morgan fingerprint density at radius 2 is 2.00 bits per heavy atom. The van der Waals surface area contributed by atoms with Gasteiger partial charge in [-0.05, 0) is 37.0 Å². The average Bonchev–Trinajstić information content (AvgIpc) is 2.13. The van der Waals surface area contributed by atoms with Gasteiger partial charge in [0.05, 0.1) is 11.7 Å². The number of aliphatic hydroxyl groups is 1. The van der Waals surface area contributed by atoms with Gasteiger partial charge in [-0.25, -0.2) is 0 Å². The normalized spacial score (nSPS) is 20.2. The number of benzene rings is 1. The van der Waals surface area contributed by atoms with Gasteiger partial charge in [0.2, 0.25) is 0 Å². The lowest BCUT2D eigenvalue weighted by atomic mass is 9.85. The lowest BCUT2D eigenvalue weighted by Gasteiger charge is -2.22. The number of fused-ring (bicyclic) bond motifs is 1. The molecule has 1 aliphatic carbocycles. The van der Waals surface area contributed by atoms with E-state index in [1.54, 1.807) is 6.92 Å². The zero-order valence-corrected chi connectivity index (χ0v) is 8.87. The molecule has 0 amide bonds. The van der Waals surface area contributed by atoms with E-state index in [4.69, 9.17) is 0 Å². The van der Waals surface area contributed by atoms with Crippen molar-refractivity contribution in [2.24, 2.45) is 0 Å². The lowest BCUT2D eigenvalue weighted by Crippen LogP contribution is -2.24. The first-order valence-electron chi connectivity index (χ1n) is 5.04. The lowest BCUT2D eigenvalue weighted by molar-refractivity contribution is 0.0849. The third-order valence-corrected chi connectivity index (χ3v) is 3.05. The molecule has 0 heterocycles. The minimum Gasteiger partial charge on any atom is -0.507 e. The molecule has 0 aromatic heterocycles. The molecule has 15 heavy (non-hydrogen) atoms. The van der Waals surface area contributed by atoms with Crippen LogP contribution in [0.25, 0.3) is 0 Å². The van der Waals surface area contributed by atoms with Crippen molar-refractivity contribution in [2.45, 2.75) is 32.8 Å². The van der Waals surface area contributed by atoms with Crippen molar-refractivity contribution in [3.8, 4) is 5.75 Å². The topological polar surface area (TPSA) is 57.5 Å². The Morgan fingerprint density at radius 1 is 1.33 bits per heavy atom. The van der Waals surface area contributed by atoms with E-state index in [-0.39, 0.29) is 18.0 Å². The van der Waals surface area contributed by atoms with E-state index in [0.717, 1.165) is 16.7 Å². The van der Waals surface area contributed by atoms with Gasteiger partial charge in [0, 0.05) is 6.42 Å². The number of aromatic hydroxyl groups is 1. The quantitative estimate of drug-likeness (QED) is 0.676. The van der Waals surface area contributed by atoms with Crippen molar-refractivity contribution in [1.82, 2.24) is 0 Å². The number of carbonyl (C=O) groups excluding carboxylic acids is 1. The van der Waals surface area contributed by atoms with Crippen LogP contribution in [-0.4, -0.2) is 22.1 Å². The highest BCUT2D eigenvalue weighted by Gasteiger charge is 2.27. The summed E-state index contributed by atoms with van der Waals surface area (Å²) in [4.78, 5) is 11.7. The van der Waals surface area contributed by atoms with E-state index in [0.29, 0.717) is 12.0 Å².